The molecule has 0 spiro atoms. The quantitative estimate of drug-likeness (QED) is 0.166. The molecule has 0 aliphatic heterocycles. The number of hydrogen-bond donors (Lipinski definition) is 0. The summed E-state index contributed by atoms with van der Waals surface area (Å²) in [7, 11) is 0. The summed E-state index contributed by atoms with van der Waals surface area (Å²) in [5, 5.41) is 15.7. The Morgan fingerprint density at radius 3 is 2.29 bits per heavy atom. The first-order valence-corrected chi connectivity index (χ1v) is 12.7. The van der Waals surface area contributed by atoms with Crippen molar-refractivity contribution >= 4 is 41.2 Å². The van der Waals surface area contributed by atoms with Crippen LogP contribution < -0.4 is 4.74 Å². The summed E-state index contributed by atoms with van der Waals surface area (Å²) < 4.78 is 7.88. The number of halogens is 2. The second-order valence-corrected chi connectivity index (χ2v) is 9.39. The molecule has 0 bridgehead atoms. The maximum Gasteiger partial charge on any atom is 0.212 e. The lowest BCUT2D eigenvalue weighted by molar-refractivity contribution is 0.306. The highest BCUT2D eigenvalue weighted by atomic mass is 35.5. The van der Waals surface area contributed by atoms with Crippen LogP contribution in [-0.4, -0.2) is 21.1 Å². The number of rotatable bonds is 10. The third-order valence-corrected chi connectivity index (χ3v) is 6.46. The van der Waals surface area contributed by atoms with Crippen LogP contribution in [0.25, 0.3) is 0 Å². The van der Waals surface area contributed by atoms with Gasteiger partial charge in [-0.2, -0.15) is 9.78 Å². The van der Waals surface area contributed by atoms with Crippen LogP contribution in [0.5, 0.6) is 5.75 Å². The Balaban J connectivity index is 1.51. The Labute approximate surface area is 213 Å². The first-order valence-electron chi connectivity index (χ1n) is 10.9. The Morgan fingerprint density at radius 1 is 0.912 bits per heavy atom. The average molecular weight is 511 g/mol. The second kappa shape index (κ2) is 12.1. The lowest BCUT2D eigenvalue weighted by Crippen LogP contribution is -2.02. The zero-order chi connectivity index (χ0) is 23.8. The summed E-state index contributed by atoms with van der Waals surface area (Å²) in [5.74, 6) is 2.33. The maximum atomic E-state index is 6.07. The van der Waals surface area contributed by atoms with Crippen LogP contribution in [0, 0.1) is 0 Å². The predicted octanol–water partition coefficient (Wildman–Crippen LogP) is 7.29. The van der Waals surface area contributed by atoms with Gasteiger partial charge >= 0.3 is 0 Å². The Kier molecular flexibility index (Phi) is 8.63. The molecular formula is C26H24Cl2N4OS. The van der Waals surface area contributed by atoms with Crippen LogP contribution >= 0.6 is 35.0 Å². The molecule has 5 nitrogen and oxygen atoms in total. The van der Waals surface area contributed by atoms with Crippen molar-refractivity contribution in [2.45, 2.75) is 37.3 Å². The van der Waals surface area contributed by atoms with Crippen LogP contribution in [0.15, 0.2) is 83.1 Å². The lowest BCUT2D eigenvalue weighted by Gasteiger charge is -2.09. The molecule has 0 atom stereocenters. The molecule has 0 unspecified atom stereocenters. The van der Waals surface area contributed by atoms with Crippen molar-refractivity contribution in [1.29, 1.82) is 0 Å². The van der Waals surface area contributed by atoms with Gasteiger partial charge in [0.1, 0.15) is 12.4 Å². The lowest BCUT2D eigenvalue weighted by atomic mass is 10.2. The number of thioether (sulfide) groups is 1. The van der Waals surface area contributed by atoms with Crippen LogP contribution in [-0.2, 0) is 18.8 Å². The first-order chi connectivity index (χ1) is 16.6. The molecule has 1 aromatic heterocycles. The van der Waals surface area contributed by atoms with E-state index in [1.807, 2.05) is 77.5 Å². The minimum atomic E-state index is 0.442. The summed E-state index contributed by atoms with van der Waals surface area (Å²) in [4.78, 5) is 0. The molecule has 0 aliphatic carbocycles. The number of hydrogen-bond acceptors (Lipinski definition) is 5. The molecule has 174 valence electrons. The van der Waals surface area contributed by atoms with Crippen molar-refractivity contribution in [3.05, 3.63) is 105 Å². The summed E-state index contributed by atoms with van der Waals surface area (Å²) in [6.45, 7) is 2.56. The predicted molar refractivity (Wildman–Crippen MR) is 140 cm³/mol. The molecule has 0 fully saturated rings. The number of nitrogens with zero attached hydrogens (tertiary/aromatic N) is 4. The molecule has 4 rings (SSSR count). The Hall–Kier alpha value is -2.80. The van der Waals surface area contributed by atoms with E-state index in [4.69, 9.17) is 33.0 Å². The fourth-order valence-electron chi connectivity index (χ4n) is 3.19. The van der Waals surface area contributed by atoms with Gasteiger partial charge in [0, 0.05) is 27.8 Å². The Morgan fingerprint density at radius 2 is 1.59 bits per heavy atom. The molecule has 4 aromatic rings. The SMILES string of the molecule is CCCc1nnc(SCc2ccc(Cl)cc2)n1/N=C\c1ccccc1OCc1ccc(Cl)cc1. The van der Waals surface area contributed by atoms with Gasteiger partial charge in [-0.25, -0.2) is 0 Å². The van der Waals surface area contributed by atoms with E-state index in [0.29, 0.717) is 11.6 Å². The first kappa shape index (κ1) is 24.3. The topological polar surface area (TPSA) is 52.3 Å². The van der Waals surface area contributed by atoms with Gasteiger partial charge in [-0.3, -0.25) is 0 Å². The van der Waals surface area contributed by atoms with Crippen molar-refractivity contribution in [2.24, 2.45) is 5.10 Å². The van der Waals surface area contributed by atoms with E-state index < -0.39 is 0 Å². The second-order valence-electron chi connectivity index (χ2n) is 7.57. The standard InChI is InChI=1S/C26H24Cl2N4OS/c1-2-5-25-30-31-26(34-18-20-10-14-23(28)15-11-20)32(25)29-16-21-6-3-4-7-24(21)33-17-19-8-12-22(27)13-9-19/h3-4,6-16H,2,5,17-18H2,1H3/b29-16-. The van der Waals surface area contributed by atoms with Crippen molar-refractivity contribution in [3.63, 3.8) is 0 Å². The summed E-state index contributed by atoms with van der Waals surface area (Å²) in [6.07, 6.45) is 3.54. The third-order valence-electron chi connectivity index (χ3n) is 4.97. The van der Waals surface area contributed by atoms with E-state index in [1.54, 1.807) is 18.0 Å². The zero-order valence-corrected chi connectivity index (χ0v) is 21.0. The van der Waals surface area contributed by atoms with Crippen molar-refractivity contribution in [1.82, 2.24) is 14.9 Å². The number of ether oxygens (including phenoxy) is 1. The molecule has 0 saturated heterocycles. The number of aromatic nitrogens is 3. The highest BCUT2D eigenvalue weighted by molar-refractivity contribution is 7.98. The van der Waals surface area contributed by atoms with Gasteiger partial charge in [0.05, 0.1) is 6.21 Å². The highest BCUT2D eigenvalue weighted by Crippen LogP contribution is 2.24. The van der Waals surface area contributed by atoms with Crippen molar-refractivity contribution in [3.8, 4) is 5.75 Å². The summed E-state index contributed by atoms with van der Waals surface area (Å²) >= 11 is 13.6. The van der Waals surface area contributed by atoms with Gasteiger partial charge in [-0.1, -0.05) is 78.3 Å². The van der Waals surface area contributed by atoms with E-state index >= 15 is 0 Å². The fourth-order valence-corrected chi connectivity index (χ4v) is 4.30. The van der Waals surface area contributed by atoms with Gasteiger partial charge in [-0.15, -0.1) is 10.2 Å². The van der Waals surface area contributed by atoms with E-state index in [1.165, 1.54) is 0 Å². The van der Waals surface area contributed by atoms with Crippen LogP contribution in [0.1, 0.15) is 35.9 Å². The van der Waals surface area contributed by atoms with Crippen molar-refractivity contribution in [2.75, 3.05) is 0 Å². The highest BCUT2D eigenvalue weighted by Gasteiger charge is 2.12. The van der Waals surface area contributed by atoms with E-state index in [0.717, 1.165) is 57.0 Å². The molecule has 8 heteroatoms. The van der Waals surface area contributed by atoms with Gasteiger partial charge < -0.3 is 4.74 Å². The maximum absolute atomic E-state index is 6.07. The van der Waals surface area contributed by atoms with Crippen LogP contribution in [0.3, 0.4) is 0 Å². The number of para-hydroxylation sites is 1. The normalized spacial score (nSPS) is 11.3. The molecule has 0 aliphatic rings. The van der Waals surface area contributed by atoms with Crippen LogP contribution in [0.4, 0.5) is 0 Å². The molecule has 0 N–H and O–H groups in total. The zero-order valence-electron chi connectivity index (χ0n) is 18.7. The number of aryl methyl sites for hydroxylation is 1. The minimum absolute atomic E-state index is 0.442. The molecular weight excluding hydrogens is 487 g/mol. The minimum Gasteiger partial charge on any atom is -0.488 e. The van der Waals surface area contributed by atoms with Gasteiger partial charge in [-0.05, 0) is 53.9 Å². The van der Waals surface area contributed by atoms with E-state index in [-0.39, 0.29) is 0 Å². The van der Waals surface area contributed by atoms with E-state index in [2.05, 4.69) is 17.1 Å². The largest absolute Gasteiger partial charge is 0.488 e. The summed E-state index contributed by atoms with van der Waals surface area (Å²) in [6, 6.07) is 23.3. The smallest absolute Gasteiger partial charge is 0.212 e. The molecule has 34 heavy (non-hydrogen) atoms. The molecule has 0 radical (unpaired) electrons. The van der Waals surface area contributed by atoms with E-state index in [9.17, 15) is 0 Å². The third kappa shape index (κ3) is 6.63. The molecule has 1 heterocycles. The van der Waals surface area contributed by atoms with Gasteiger partial charge in [0.2, 0.25) is 5.16 Å². The molecule has 0 amide bonds. The Bertz CT molecular complexity index is 1240. The fraction of sp³-hybridized carbons (Fsp3) is 0.192. The van der Waals surface area contributed by atoms with Gasteiger partial charge in [0.15, 0.2) is 5.82 Å². The monoisotopic (exact) mass is 510 g/mol. The average Bonchev–Trinajstić information content (AvgIpc) is 3.24. The van der Waals surface area contributed by atoms with Crippen LogP contribution in [0.2, 0.25) is 10.0 Å². The van der Waals surface area contributed by atoms with Crippen molar-refractivity contribution < 1.29 is 4.74 Å². The number of benzene rings is 3. The molecule has 3 aromatic carbocycles. The van der Waals surface area contributed by atoms with Gasteiger partial charge in [0.25, 0.3) is 0 Å². The molecule has 0 saturated carbocycles. The summed E-state index contributed by atoms with van der Waals surface area (Å²) in [5.41, 5.74) is 3.08.